The third-order valence-electron chi connectivity index (χ3n) is 3.93. The minimum atomic E-state index is -0.884. The van der Waals surface area contributed by atoms with Gasteiger partial charge < -0.3 is 19.5 Å². The Bertz CT molecular complexity index is 551. The highest BCUT2D eigenvalue weighted by Gasteiger charge is 2.30. The number of nitrogens with zero attached hydrogens (tertiary/aromatic N) is 2. The van der Waals surface area contributed by atoms with E-state index in [1.807, 2.05) is 30.3 Å². The number of carboxylic acids is 1. The summed E-state index contributed by atoms with van der Waals surface area (Å²) in [5.74, 6) is -0.984. The van der Waals surface area contributed by atoms with Gasteiger partial charge in [-0.1, -0.05) is 30.3 Å². The average Bonchev–Trinajstić information content (AvgIpc) is 2.56. The summed E-state index contributed by atoms with van der Waals surface area (Å²) >= 11 is 0. The van der Waals surface area contributed by atoms with E-state index >= 15 is 0 Å². The molecule has 2 unspecified atom stereocenters. The van der Waals surface area contributed by atoms with Gasteiger partial charge in [0.1, 0.15) is 0 Å². The maximum atomic E-state index is 12.8. The van der Waals surface area contributed by atoms with Gasteiger partial charge in [0.25, 0.3) is 5.91 Å². The van der Waals surface area contributed by atoms with Gasteiger partial charge in [0.05, 0.1) is 19.3 Å². The molecule has 1 aliphatic heterocycles. The highest BCUT2D eigenvalue weighted by Crippen LogP contribution is 2.20. The van der Waals surface area contributed by atoms with Gasteiger partial charge in [0.15, 0.2) is 6.10 Å². The van der Waals surface area contributed by atoms with Crippen molar-refractivity contribution in [1.82, 2.24) is 9.80 Å². The second-order valence-electron chi connectivity index (χ2n) is 5.89. The Hall–Kier alpha value is -1.96. The van der Waals surface area contributed by atoms with Crippen LogP contribution in [-0.4, -0.2) is 79.8 Å². The molecular weight excluding hydrogens is 312 g/mol. The number of hydrogen-bond acceptors (Lipinski definition) is 5. The van der Waals surface area contributed by atoms with E-state index in [0.29, 0.717) is 26.2 Å². The van der Waals surface area contributed by atoms with Crippen LogP contribution < -0.4 is 0 Å². The Morgan fingerprint density at radius 3 is 2.75 bits per heavy atom. The predicted octanol–water partition coefficient (Wildman–Crippen LogP) is 0.618. The number of carbonyl (C=O) groups excluding carboxylic acids is 1. The fourth-order valence-electron chi connectivity index (χ4n) is 2.85. The van der Waals surface area contributed by atoms with Gasteiger partial charge in [-0.15, -0.1) is 0 Å². The molecule has 24 heavy (non-hydrogen) atoms. The molecule has 2 rings (SSSR count). The van der Waals surface area contributed by atoms with Crippen molar-refractivity contribution in [3.63, 3.8) is 0 Å². The second-order valence-corrected chi connectivity index (χ2v) is 5.89. The van der Waals surface area contributed by atoms with Crippen LogP contribution in [0.3, 0.4) is 0 Å². The first-order valence-electron chi connectivity index (χ1n) is 7.89. The Labute approximate surface area is 141 Å². The number of ether oxygens (including phenoxy) is 2. The Kier molecular flexibility index (Phi) is 6.72. The number of amides is 1. The molecule has 1 aliphatic rings. The van der Waals surface area contributed by atoms with Crippen LogP contribution in [0.15, 0.2) is 30.3 Å². The zero-order valence-electron chi connectivity index (χ0n) is 14.1. The van der Waals surface area contributed by atoms with E-state index in [2.05, 4.69) is 0 Å². The van der Waals surface area contributed by atoms with Crippen molar-refractivity contribution in [3.05, 3.63) is 35.9 Å². The first-order valence-corrected chi connectivity index (χ1v) is 7.89. The van der Waals surface area contributed by atoms with Crippen LogP contribution in [-0.2, 0) is 19.1 Å². The highest BCUT2D eigenvalue weighted by molar-refractivity contribution is 5.82. The molecule has 1 saturated heterocycles. The molecule has 1 aromatic carbocycles. The van der Waals surface area contributed by atoms with Gasteiger partial charge in [0, 0.05) is 26.7 Å². The lowest BCUT2D eigenvalue weighted by Crippen LogP contribution is -2.51. The number of likely N-dealkylation sites (N-methyl/N-ethyl adjacent to an activating group) is 1. The van der Waals surface area contributed by atoms with E-state index in [1.54, 1.807) is 16.8 Å². The maximum absolute atomic E-state index is 12.8. The summed E-state index contributed by atoms with van der Waals surface area (Å²) in [5.41, 5.74) is 0.816. The van der Waals surface area contributed by atoms with E-state index in [9.17, 15) is 9.59 Å². The van der Waals surface area contributed by atoms with Crippen LogP contribution in [0.4, 0.5) is 0 Å². The molecule has 0 bridgehead atoms. The maximum Gasteiger partial charge on any atom is 0.317 e. The molecule has 0 radical (unpaired) electrons. The zero-order chi connectivity index (χ0) is 17.5. The van der Waals surface area contributed by atoms with Gasteiger partial charge in [0.2, 0.25) is 0 Å². The van der Waals surface area contributed by atoms with Gasteiger partial charge in [-0.2, -0.15) is 0 Å². The minimum absolute atomic E-state index is 0.0570. The first kappa shape index (κ1) is 18.4. The van der Waals surface area contributed by atoms with Crippen LogP contribution in [0, 0.1) is 0 Å². The molecule has 7 heteroatoms. The van der Waals surface area contributed by atoms with Crippen molar-refractivity contribution in [2.24, 2.45) is 0 Å². The van der Waals surface area contributed by atoms with E-state index in [1.165, 1.54) is 7.11 Å². The molecule has 1 N–H and O–H groups in total. The molecule has 1 amide bonds. The standard InChI is InChI=1S/C17H24N2O5/c1-18(12-15(20)21)10-14-11-19(8-9-24-14)17(22)16(23-2)13-6-4-3-5-7-13/h3-7,14,16H,8-12H2,1-2H3,(H,20,21). The van der Waals surface area contributed by atoms with E-state index < -0.39 is 12.1 Å². The fourth-order valence-corrected chi connectivity index (χ4v) is 2.85. The summed E-state index contributed by atoms with van der Waals surface area (Å²) < 4.78 is 11.1. The molecule has 0 spiro atoms. The molecule has 1 aromatic rings. The van der Waals surface area contributed by atoms with Gasteiger partial charge in [-0.3, -0.25) is 14.5 Å². The predicted molar refractivity (Wildman–Crippen MR) is 87.6 cm³/mol. The van der Waals surface area contributed by atoms with Crippen LogP contribution >= 0.6 is 0 Å². The van der Waals surface area contributed by atoms with Crippen LogP contribution in [0.25, 0.3) is 0 Å². The molecular formula is C17H24N2O5. The van der Waals surface area contributed by atoms with E-state index in [0.717, 1.165) is 5.56 Å². The molecule has 2 atom stereocenters. The van der Waals surface area contributed by atoms with Crippen LogP contribution in [0.2, 0.25) is 0 Å². The molecule has 0 saturated carbocycles. The number of benzene rings is 1. The Balaban J connectivity index is 1.97. The number of methoxy groups -OCH3 is 1. The molecule has 0 aliphatic carbocycles. The lowest BCUT2D eigenvalue weighted by Gasteiger charge is -2.36. The van der Waals surface area contributed by atoms with Gasteiger partial charge in [-0.05, 0) is 12.6 Å². The Morgan fingerprint density at radius 1 is 1.42 bits per heavy atom. The van der Waals surface area contributed by atoms with Gasteiger partial charge >= 0.3 is 5.97 Å². The number of hydrogen-bond donors (Lipinski definition) is 1. The quantitative estimate of drug-likeness (QED) is 0.786. The third kappa shape index (κ3) is 5.02. The minimum Gasteiger partial charge on any atom is -0.480 e. The first-order chi connectivity index (χ1) is 11.5. The SMILES string of the molecule is COC(C(=O)N1CCOC(CN(C)CC(=O)O)C1)c1ccccc1. The van der Waals surface area contributed by atoms with Crippen LogP contribution in [0.5, 0.6) is 0 Å². The van der Waals surface area contributed by atoms with Crippen molar-refractivity contribution in [1.29, 1.82) is 0 Å². The average molecular weight is 336 g/mol. The van der Waals surface area contributed by atoms with Crippen molar-refractivity contribution in [3.8, 4) is 0 Å². The highest BCUT2D eigenvalue weighted by atomic mass is 16.5. The van der Waals surface area contributed by atoms with Crippen molar-refractivity contribution >= 4 is 11.9 Å². The van der Waals surface area contributed by atoms with Crippen LogP contribution in [0.1, 0.15) is 11.7 Å². The monoisotopic (exact) mass is 336 g/mol. The Morgan fingerprint density at radius 2 is 2.12 bits per heavy atom. The molecule has 132 valence electrons. The van der Waals surface area contributed by atoms with E-state index in [-0.39, 0.29) is 18.6 Å². The molecule has 0 aromatic heterocycles. The summed E-state index contributed by atoms with van der Waals surface area (Å²) in [4.78, 5) is 26.9. The normalized spacial score (nSPS) is 19.3. The number of morpholine rings is 1. The summed E-state index contributed by atoms with van der Waals surface area (Å²) in [6, 6.07) is 9.37. The third-order valence-corrected chi connectivity index (χ3v) is 3.93. The topological polar surface area (TPSA) is 79.3 Å². The molecule has 1 fully saturated rings. The summed E-state index contributed by atoms with van der Waals surface area (Å²) in [5, 5.41) is 8.82. The lowest BCUT2D eigenvalue weighted by molar-refractivity contribution is -0.151. The van der Waals surface area contributed by atoms with Crippen molar-refractivity contribution in [2.75, 3.05) is 46.9 Å². The van der Waals surface area contributed by atoms with Crippen molar-refractivity contribution in [2.45, 2.75) is 12.2 Å². The summed E-state index contributed by atoms with van der Waals surface area (Å²) in [6.07, 6.45) is -0.845. The van der Waals surface area contributed by atoms with Gasteiger partial charge in [-0.25, -0.2) is 0 Å². The number of carboxylic acid groups (broad SMARTS) is 1. The summed E-state index contributed by atoms with van der Waals surface area (Å²) in [6.45, 7) is 1.76. The zero-order valence-corrected chi connectivity index (χ0v) is 14.1. The lowest BCUT2D eigenvalue weighted by atomic mass is 10.1. The number of carbonyl (C=O) groups is 2. The molecule has 1 heterocycles. The van der Waals surface area contributed by atoms with E-state index in [4.69, 9.17) is 14.6 Å². The molecule has 7 nitrogen and oxygen atoms in total. The number of aliphatic carboxylic acids is 1. The number of rotatable bonds is 7. The summed E-state index contributed by atoms with van der Waals surface area (Å²) in [7, 11) is 3.24. The fraction of sp³-hybridized carbons (Fsp3) is 0.529. The van der Waals surface area contributed by atoms with Crippen molar-refractivity contribution < 1.29 is 24.2 Å². The smallest absolute Gasteiger partial charge is 0.317 e. The second kappa shape index (κ2) is 8.77. The largest absolute Gasteiger partial charge is 0.480 e.